The molecule has 4 heteroatoms. The Bertz CT molecular complexity index is 1060. The zero-order valence-electron chi connectivity index (χ0n) is 15.6. The fraction of sp³-hybridized carbons (Fsp3) is 0.167. The molecule has 0 spiro atoms. The van der Waals surface area contributed by atoms with Crippen LogP contribution in [0.5, 0.6) is 0 Å². The summed E-state index contributed by atoms with van der Waals surface area (Å²) >= 11 is 0. The van der Waals surface area contributed by atoms with E-state index in [4.69, 9.17) is 0 Å². The molecule has 138 valence electrons. The highest BCUT2D eigenvalue weighted by Crippen LogP contribution is 2.30. The Morgan fingerprint density at radius 2 is 1.57 bits per heavy atom. The maximum atomic E-state index is 13.3. The molecule has 1 N–H and O–H groups in total. The highest BCUT2D eigenvalue weighted by Gasteiger charge is 2.36. The number of amides is 1. The second kappa shape index (κ2) is 7.06. The Balaban J connectivity index is 1.45. The number of benzene rings is 3. The van der Waals surface area contributed by atoms with Gasteiger partial charge in [0.25, 0.3) is 5.91 Å². The third-order valence-electron chi connectivity index (χ3n) is 5.58. The number of para-hydroxylation sites is 2. The van der Waals surface area contributed by atoms with Crippen LogP contribution < -0.4 is 9.80 Å². The number of rotatable bonds is 3. The number of anilines is 1. The van der Waals surface area contributed by atoms with Crippen LogP contribution in [0.15, 0.2) is 83.9 Å². The van der Waals surface area contributed by atoms with Gasteiger partial charge in [0.05, 0.1) is 17.9 Å². The maximum absolute atomic E-state index is 13.3. The summed E-state index contributed by atoms with van der Waals surface area (Å²) in [6.45, 7) is 2.65. The summed E-state index contributed by atoms with van der Waals surface area (Å²) in [4.78, 5) is 21.3. The molecule has 0 aromatic heterocycles. The van der Waals surface area contributed by atoms with Gasteiger partial charge >= 0.3 is 0 Å². The number of quaternary nitrogens is 1. The van der Waals surface area contributed by atoms with Crippen molar-refractivity contribution in [1.82, 2.24) is 0 Å². The molecule has 5 rings (SSSR count). The number of nitrogens with zero attached hydrogens (tertiary/aromatic N) is 2. The van der Waals surface area contributed by atoms with E-state index in [1.807, 2.05) is 59.5 Å². The van der Waals surface area contributed by atoms with Crippen molar-refractivity contribution < 1.29 is 9.69 Å². The van der Waals surface area contributed by atoms with Crippen LogP contribution in [-0.4, -0.2) is 24.8 Å². The lowest BCUT2D eigenvalue weighted by Gasteiger charge is -2.29. The average Bonchev–Trinajstić information content (AvgIpc) is 3.00. The van der Waals surface area contributed by atoms with E-state index in [0.29, 0.717) is 12.4 Å². The highest BCUT2D eigenvalue weighted by atomic mass is 16.2. The monoisotopic (exact) mass is 368 g/mol. The van der Waals surface area contributed by atoms with Gasteiger partial charge in [-0.05, 0) is 23.8 Å². The molecule has 0 bridgehead atoms. The first-order valence-electron chi connectivity index (χ1n) is 9.75. The fourth-order valence-corrected chi connectivity index (χ4v) is 4.16. The number of aliphatic imine (C=N–C) groups is 1. The van der Waals surface area contributed by atoms with Crippen LogP contribution >= 0.6 is 0 Å². The van der Waals surface area contributed by atoms with Crippen LogP contribution in [0.2, 0.25) is 0 Å². The van der Waals surface area contributed by atoms with E-state index in [1.54, 1.807) is 0 Å². The first-order chi connectivity index (χ1) is 13.8. The lowest BCUT2D eigenvalue weighted by atomic mass is 10.0. The van der Waals surface area contributed by atoms with Gasteiger partial charge in [0.2, 0.25) is 0 Å². The van der Waals surface area contributed by atoms with Gasteiger partial charge in [0, 0.05) is 17.5 Å². The summed E-state index contributed by atoms with van der Waals surface area (Å²) in [6.07, 6.45) is 1.06. The summed E-state index contributed by atoms with van der Waals surface area (Å²) in [5, 5.41) is 0. The topological polar surface area (TPSA) is 37.1 Å². The van der Waals surface area contributed by atoms with Crippen molar-refractivity contribution in [3.63, 3.8) is 0 Å². The van der Waals surface area contributed by atoms with E-state index in [2.05, 4.69) is 29.3 Å². The molecule has 2 aliphatic heterocycles. The standard InChI is InChI=1S/C24H21N3O/c28-24-23(25-20-10-2-1-3-11-20)21-12-6-7-13-22(21)27(24)17-26-15-14-18-8-4-5-9-19(18)16-26/h1-13H,14-17H2/p+1. The van der Waals surface area contributed by atoms with Crippen LogP contribution in [-0.2, 0) is 17.8 Å². The summed E-state index contributed by atoms with van der Waals surface area (Å²) < 4.78 is 0. The van der Waals surface area contributed by atoms with E-state index >= 15 is 0 Å². The van der Waals surface area contributed by atoms with Gasteiger partial charge in [-0.15, -0.1) is 0 Å². The van der Waals surface area contributed by atoms with Crippen LogP contribution in [0.4, 0.5) is 11.4 Å². The van der Waals surface area contributed by atoms with Crippen molar-refractivity contribution in [1.29, 1.82) is 0 Å². The molecular formula is C24H22N3O+. The molecule has 2 heterocycles. The van der Waals surface area contributed by atoms with Crippen molar-refractivity contribution in [3.05, 3.63) is 95.6 Å². The fourth-order valence-electron chi connectivity index (χ4n) is 4.16. The van der Waals surface area contributed by atoms with Crippen molar-refractivity contribution in [3.8, 4) is 0 Å². The van der Waals surface area contributed by atoms with Gasteiger partial charge in [0.15, 0.2) is 6.67 Å². The molecule has 28 heavy (non-hydrogen) atoms. The zero-order valence-corrected chi connectivity index (χ0v) is 15.6. The van der Waals surface area contributed by atoms with Crippen LogP contribution in [0, 0.1) is 0 Å². The summed E-state index contributed by atoms with van der Waals surface area (Å²) in [5.41, 5.74) is 6.06. The third-order valence-corrected chi connectivity index (χ3v) is 5.58. The molecule has 0 saturated heterocycles. The van der Waals surface area contributed by atoms with Crippen LogP contribution in [0.3, 0.4) is 0 Å². The quantitative estimate of drug-likeness (QED) is 0.758. The lowest BCUT2D eigenvalue weighted by Crippen LogP contribution is -3.13. The molecule has 3 aromatic rings. The Labute approximate surface area is 164 Å². The molecule has 0 aliphatic carbocycles. The molecule has 1 amide bonds. The van der Waals surface area contributed by atoms with Gasteiger partial charge in [-0.1, -0.05) is 60.7 Å². The molecule has 3 aromatic carbocycles. The Morgan fingerprint density at radius 3 is 2.43 bits per heavy atom. The molecule has 0 radical (unpaired) electrons. The second-order valence-electron chi connectivity index (χ2n) is 7.40. The van der Waals surface area contributed by atoms with Gasteiger partial charge < -0.3 is 4.90 Å². The summed E-state index contributed by atoms with van der Waals surface area (Å²) in [7, 11) is 0. The largest absolute Gasteiger partial charge is 0.313 e. The van der Waals surface area contributed by atoms with Gasteiger partial charge in [-0.3, -0.25) is 9.69 Å². The van der Waals surface area contributed by atoms with E-state index in [9.17, 15) is 4.79 Å². The number of fused-ring (bicyclic) bond motifs is 2. The van der Waals surface area contributed by atoms with Gasteiger partial charge in [0.1, 0.15) is 12.3 Å². The predicted molar refractivity (Wildman–Crippen MR) is 111 cm³/mol. The second-order valence-corrected chi connectivity index (χ2v) is 7.40. The molecule has 1 atom stereocenters. The summed E-state index contributed by atoms with van der Waals surface area (Å²) in [6, 6.07) is 26.3. The molecule has 1 unspecified atom stereocenters. The lowest BCUT2D eigenvalue weighted by molar-refractivity contribution is -0.914. The molecule has 4 nitrogen and oxygen atoms in total. The van der Waals surface area contributed by atoms with Crippen LogP contribution in [0.25, 0.3) is 0 Å². The summed E-state index contributed by atoms with van der Waals surface area (Å²) in [5.74, 6) is -0.00332. The molecule has 2 aliphatic rings. The normalized spacial score (nSPS) is 19.6. The Kier molecular flexibility index (Phi) is 4.26. The highest BCUT2D eigenvalue weighted by molar-refractivity contribution is 6.54. The smallest absolute Gasteiger partial charge is 0.281 e. The minimum absolute atomic E-state index is 0.00332. The molecular weight excluding hydrogens is 346 g/mol. The first-order valence-corrected chi connectivity index (χ1v) is 9.75. The number of carbonyl (C=O) groups is 1. The first kappa shape index (κ1) is 16.9. The maximum Gasteiger partial charge on any atom is 0.281 e. The van der Waals surface area contributed by atoms with E-state index in [0.717, 1.165) is 36.4 Å². The SMILES string of the molecule is O=C1C(=Nc2ccccc2)c2ccccc2N1C[NH+]1CCc2ccccc2C1. The van der Waals surface area contributed by atoms with Crippen molar-refractivity contribution in [2.45, 2.75) is 13.0 Å². The molecule has 0 saturated carbocycles. The van der Waals surface area contributed by atoms with Crippen molar-refractivity contribution in [2.24, 2.45) is 4.99 Å². The van der Waals surface area contributed by atoms with Crippen molar-refractivity contribution in [2.75, 3.05) is 18.1 Å². The van der Waals surface area contributed by atoms with E-state index in [1.165, 1.54) is 16.0 Å². The van der Waals surface area contributed by atoms with E-state index in [-0.39, 0.29) is 5.91 Å². The van der Waals surface area contributed by atoms with Crippen molar-refractivity contribution >= 4 is 23.0 Å². The minimum Gasteiger partial charge on any atom is -0.313 e. The molecule has 0 fully saturated rings. The van der Waals surface area contributed by atoms with E-state index < -0.39 is 0 Å². The number of nitrogens with one attached hydrogen (secondary N) is 1. The zero-order chi connectivity index (χ0) is 18.9. The number of carbonyl (C=O) groups excluding carboxylic acids is 1. The minimum atomic E-state index is -0.00332. The number of hydrogen-bond donors (Lipinski definition) is 1. The average molecular weight is 368 g/mol. The predicted octanol–water partition coefficient (Wildman–Crippen LogP) is 2.75. The number of hydrogen-bond acceptors (Lipinski definition) is 2. The Hall–Kier alpha value is -3.24. The van der Waals surface area contributed by atoms with Gasteiger partial charge in [-0.2, -0.15) is 0 Å². The van der Waals surface area contributed by atoms with Crippen LogP contribution in [0.1, 0.15) is 16.7 Å². The van der Waals surface area contributed by atoms with Gasteiger partial charge in [-0.25, -0.2) is 4.99 Å². The third kappa shape index (κ3) is 3.02. The Morgan fingerprint density at radius 1 is 0.857 bits per heavy atom.